The Morgan fingerprint density at radius 1 is 1.56 bits per heavy atom. The number of benzene rings is 1. The zero-order valence-electron chi connectivity index (χ0n) is 10.0. The summed E-state index contributed by atoms with van der Waals surface area (Å²) in [7, 11) is 0. The summed E-state index contributed by atoms with van der Waals surface area (Å²) in [6, 6.07) is 4.37. The van der Waals surface area contributed by atoms with Crippen molar-refractivity contribution in [2.24, 2.45) is 11.1 Å². The molecule has 0 radical (unpaired) electrons. The van der Waals surface area contributed by atoms with E-state index in [9.17, 15) is 9.50 Å². The monoisotopic (exact) mass is 273 g/mol. The van der Waals surface area contributed by atoms with Gasteiger partial charge in [0.1, 0.15) is 5.82 Å². The lowest BCUT2D eigenvalue weighted by atomic mass is 9.74. The van der Waals surface area contributed by atoms with Crippen molar-refractivity contribution in [2.45, 2.75) is 18.9 Å². The molecule has 1 aliphatic heterocycles. The molecule has 2 rings (SSSR count). The maximum absolute atomic E-state index is 13.8. The molecule has 1 aliphatic rings. The van der Waals surface area contributed by atoms with Crippen LogP contribution in [0.1, 0.15) is 24.5 Å². The number of nitrogens with two attached hydrogens (primary N) is 1. The molecular formula is C13H17ClFNO2. The SMILES string of the molecule is NCC1(C(O)c2c(F)cccc2Cl)CCCOC1. The van der Waals surface area contributed by atoms with Gasteiger partial charge in [0.25, 0.3) is 0 Å². The molecule has 0 spiro atoms. The van der Waals surface area contributed by atoms with E-state index in [-0.39, 0.29) is 17.1 Å². The summed E-state index contributed by atoms with van der Waals surface area (Å²) in [4.78, 5) is 0. The molecule has 0 amide bonds. The summed E-state index contributed by atoms with van der Waals surface area (Å²) in [5.74, 6) is -0.506. The Bertz CT molecular complexity index is 401. The van der Waals surface area contributed by atoms with Crippen molar-refractivity contribution in [2.75, 3.05) is 19.8 Å². The smallest absolute Gasteiger partial charge is 0.130 e. The van der Waals surface area contributed by atoms with Gasteiger partial charge >= 0.3 is 0 Å². The first-order valence-corrected chi connectivity index (χ1v) is 6.38. The van der Waals surface area contributed by atoms with Crippen LogP contribution in [0.2, 0.25) is 5.02 Å². The molecule has 100 valence electrons. The van der Waals surface area contributed by atoms with Gasteiger partial charge in [0.05, 0.1) is 12.7 Å². The highest BCUT2D eigenvalue weighted by atomic mass is 35.5. The molecule has 0 aromatic heterocycles. The maximum Gasteiger partial charge on any atom is 0.130 e. The van der Waals surface area contributed by atoms with Crippen molar-refractivity contribution in [3.05, 3.63) is 34.6 Å². The molecule has 1 aromatic carbocycles. The van der Waals surface area contributed by atoms with Crippen LogP contribution in [-0.2, 0) is 4.74 Å². The maximum atomic E-state index is 13.8. The summed E-state index contributed by atoms with van der Waals surface area (Å²) in [5.41, 5.74) is 5.24. The zero-order chi connectivity index (χ0) is 13.2. The minimum absolute atomic E-state index is 0.120. The Morgan fingerprint density at radius 2 is 2.33 bits per heavy atom. The number of ether oxygens (including phenoxy) is 1. The van der Waals surface area contributed by atoms with E-state index in [4.69, 9.17) is 22.1 Å². The Balaban J connectivity index is 2.36. The fourth-order valence-electron chi connectivity index (χ4n) is 2.44. The first-order valence-electron chi connectivity index (χ1n) is 6.00. The van der Waals surface area contributed by atoms with Gasteiger partial charge in [0.15, 0.2) is 0 Å². The lowest BCUT2D eigenvalue weighted by Gasteiger charge is -2.40. The van der Waals surface area contributed by atoms with E-state index in [1.165, 1.54) is 12.1 Å². The average molecular weight is 274 g/mol. The first kappa shape index (κ1) is 13.7. The number of hydrogen-bond acceptors (Lipinski definition) is 3. The number of hydrogen-bond donors (Lipinski definition) is 2. The summed E-state index contributed by atoms with van der Waals surface area (Å²) in [5, 5.41) is 10.7. The molecule has 3 nitrogen and oxygen atoms in total. The van der Waals surface area contributed by atoms with E-state index in [2.05, 4.69) is 0 Å². The fraction of sp³-hybridized carbons (Fsp3) is 0.538. The molecule has 0 bridgehead atoms. The second-order valence-electron chi connectivity index (χ2n) is 4.76. The average Bonchev–Trinajstić information content (AvgIpc) is 2.39. The normalized spacial score (nSPS) is 26.0. The van der Waals surface area contributed by atoms with Gasteiger partial charge < -0.3 is 15.6 Å². The van der Waals surface area contributed by atoms with E-state index < -0.39 is 17.3 Å². The third kappa shape index (κ3) is 2.38. The Morgan fingerprint density at radius 3 is 2.89 bits per heavy atom. The molecule has 1 heterocycles. The van der Waals surface area contributed by atoms with E-state index in [0.717, 1.165) is 6.42 Å². The summed E-state index contributed by atoms with van der Waals surface area (Å²) >= 11 is 5.98. The van der Waals surface area contributed by atoms with Crippen LogP contribution < -0.4 is 5.73 Å². The third-order valence-electron chi connectivity index (χ3n) is 3.61. The highest BCUT2D eigenvalue weighted by molar-refractivity contribution is 6.31. The van der Waals surface area contributed by atoms with Crippen molar-refractivity contribution in [3.8, 4) is 0 Å². The van der Waals surface area contributed by atoms with Crippen molar-refractivity contribution in [1.29, 1.82) is 0 Å². The Hall–Kier alpha value is -0.680. The highest BCUT2D eigenvalue weighted by Crippen LogP contribution is 2.42. The topological polar surface area (TPSA) is 55.5 Å². The Labute approximate surface area is 111 Å². The van der Waals surface area contributed by atoms with Gasteiger partial charge in [-0.3, -0.25) is 0 Å². The second-order valence-corrected chi connectivity index (χ2v) is 5.17. The molecule has 0 saturated carbocycles. The van der Waals surface area contributed by atoms with Gasteiger partial charge in [-0.15, -0.1) is 0 Å². The molecule has 18 heavy (non-hydrogen) atoms. The van der Waals surface area contributed by atoms with E-state index in [1.54, 1.807) is 6.07 Å². The Kier molecular flexibility index (Phi) is 4.22. The predicted octanol–water partition coefficient (Wildman–Crippen LogP) is 2.27. The number of aliphatic hydroxyl groups is 1. The lowest BCUT2D eigenvalue weighted by Crippen LogP contribution is -2.44. The quantitative estimate of drug-likeness (QED) is 0.888. The highest BCUT2D eigenvalue weighted by Gasteiger charge is 2.41. The minimum Gasteiger partial charge on any atom is -0.388 e. The van der Waals surface area contributed by atoms with Crippen LogP contribution in [0.3, 0.4) is 0 Å². The van der Waals surface area contributed by atoms with E-state index in [0.29, 0.717) is 19.6 Å². The van der Waals surface area contributed by atoms with Gasteiger partial charge in [0, 0.05) is 29.2 Å². The molecule has 1 aromatic rings. The van der Waals surface area contributed by atoms with E-state index >= 15 is 0 Å². The van der Waals surface area contributed by atoms with E-state index in [1.807, 2.05) is 0 Å². The molecule has 2 atom stereocenters. The first-order chi connectivity index (χ1) is 8.60. The van der Waals surface area contributed by atoms with Crippen molar-refractivity contribution in [1.82, 2.24) is 0 Å². The molecule has 3 N–H and O–H groups in total. The van der Waals surface area contributed by atoms with Crippen molar-refractivity contribution in [3.63, 3.8) is 0 Å². The summed E-state index contributed by atoms with van der Waals surface area (Å²) < 4.78 is 19.2. The van der Waals surface area contributed by atoms with Gasteiger partial charge in [-0.1, -0.05) is 17.7 Å². The lowest BCUT2D eigenvalue weighted by molar-refractivity contribution is -0.0792. The molecule has 1 fully saturated rings. The summed E-state index contributed by atoms with van der Waals surface area (Å²) in [6.45, 7) is 1.22. The van der Waals surface area contributed by atoms with Gasteiger partial charge in [0.2, 0.25) is 0 Å². The molecule has 5 heteroatoms. The van der Waals surface area contributed by atoms with Crippen molar-refractivity contribution >= 4 is 11.6 Å². The number of halogens is 2. The van der Waals surface area contributed by atoms with Crippen LogP contribution in [0.4, 0.5) is 4.39 Å². The zero-order valence-corrected chi connectivity index (χ0v) is 10.8. The van der Waals surface area contributed by atoms with Crippen LogP contribution in [0.25, 0.3) is 0 Å². The number of aliphatic hydroxyl groups excluding tert-OH is 1. The second kappa shape index (κ2) is 5.53. The molecule has 0 aliphatic carbocycles. The molecule has 2 unspecified atom stereocenters. The van der Waals surface area contributed by atoms with Crippen LogP contribution in [0, 0.1) is 11.2 Å². The fourth-order valence-corrected chi connectivity index (χ4v) is 2.71. The summed E-state index contributed by atoms with van der Waals surface area (Å²) in [6.07, 6.45) is 0.465. The van der Waals surface area contributed by atoms with Crippen LogP contribution in [-0.4, -0.2) is 24.9 Å². The van der Waals surface area contributed by atoms with Crippen molar-refractivity contribution < 1.29 is 14.2 Å². The van der Waals surface area contributed by atoms with Crippen LogP contribution in [0.15, 0.2) is 18.2 Å². The van der Waals surface area contributed by atoms with Crippen LogP contribution >= 0.6 is 11.6 Å². The van der Waals surface area contributed by atoms with Gasteiger partial charge in [-0.05, 0) is 25.0 Å². The largest absolute Gasteiger partial charge is 0.388 e. The minimum atomic E-state index is -1.04. The standard InChI is InChI=1S/C13H17ClFNO2/c14-9-3-1-4-10(15)11(9)12(17)13(7-16)5-2-6-18-8-13/h1,3-4,12,17H,2,5-8,16H2. The van der Waals surface area contributed by atoms with Gasteiger partial charge in [-0.25, -0.2) is 4.39 Å². The van der Waals surface area contributed by atoms with Gasteiger partial charge in [-0.2, -0.15) is 0 Å². The molecule has 1 saturated heterocycles. The number of rotatable bonds is 3. The third-order valence-corrected chi connectivity index (χ3v) is 3.94. The molecular weight excluding hydrogens is 257 g/mol. The predicted molar refractivity (Wildman–Crippen MR) is 67.9 cm³/mol. The van der Waals surface area contributed by atoms with Crippen LogP contribution in [0.5, 0.6) is 0 Å².